The summed E-state index contributed by atoms with van der Waals surface area (Å²) in [4.78, 5) is 0. The van der Waals surface area contributed by atoms with Gasteiger partial charge in [-0.1, -0.05) is 24.3 Å². The molecule has 0 N–H and O–H groups in total. The number of para-hydroxylation sites is 1. The molecule has 1 aliphatic rings. The number of hydrogen-bond donors (Lipinski definition) is 0. The van der Waals surface area contributed by atoms with Gasteiger partial charge in [0, 0.05) is 40.0 Å². The van der Waals surface area contributed by atoms with Gasteiger partial charge in [-0.3, -0.25) is 0 Å². The molecule has 1 heterocycles. The Labute approximate surface area is 93.4 Å². The molecule has 0 spiro atoms. The van der Waals surface area contributed by atoms with E-state index in [0.717, 1.165) is 5.75 Å². The standard InChI is InChI=1S/C9H8O.Al.Cu/c1-2-6-9-8(4-1)5-3-7-10-9;;/h1-6H,7H2;;. The van der Waals surface area contributed by atoms with E-state index in [1.54, 1.807) is 0 Å². The zero-order chi connectivity index (χ0) is 6.81. The Hall–Kier alpha value is -0.188. The Morgan fingerprint density at radius 2 is 1.92 bits per heavy atom. The molecule has 2 rings (SSSR count). The van der Waals surface area contributed by atoms with Crippen LogP contribution in [0.4, 0.5) is 0 Å². The molecule has 0 unspecified atom stereocenters. The summed E-state index contributed by atoms with van der Waals surface area (Å²) < 4.78 is 5.34. The minimum Gasteiger partial charge on any atom is -0.489 e. The van der Waals surface area contributed by atoms with Gasteiger partial charge >= 0.3 is 0 Å². The van der Waals surface area contributed by atoms with Gasteiger partial charge in [0.05, 0.1) is 0 Å². The normalized spacial score (nSPS) is 11.7. The Kier molecular flexibility index (Phi) is 5.37. The quantitative estimate of drug-likeness (QED) is 0.608. The first-order valence-electron chi connectivity index (χ1n) is 3.35. The zero-order valence-electron chi connectivity index (χ0n) is 6.46. The fraction of sp³-hybridized carbons (Fsp3) is 0.111. The molecule has 1 nitrogen and oxygen atoms in total. The molecular formula is C9H8AlCuO. The topological polar surface area (TPSA) is 9.23 Å². The van der Waals surface area contributed by atoms with Gasteiger partial charge in [-0.2, -0.15) is 0 Å². The van der Waals surface area contributed by atoms with Crippen molar-refractivity contribution in [2.75, 3.05) is 6.61 Å². The maximum atomic E-state index is 5.34. The largest absolute Gasteiger partial charge is 0.489 e. The molecule has 0 saturated heterocycles. The first kappa shape index (κ1) is 11.8. The minimum absolute atomic E-state index is 0. The minimum atomic E-state index is 0. The number of ether oxygens (including phenoxy) is 1. The predicted molar refractivity (Wildman–Crippen MR) is 46.7 cm³/mol. The Morgan fingerprint density at radius 3 is 2.67 bits per heavy atom. The summed E-state index contributed by atoms with van der Waals surface area (Å²) in [5, 5.41) is 0. The summed E-state index contributed by atoms with van der Waals surface area (Å²) in [5.74, 6) is 0.991. The van der Waals surface area contributed by atoms with Gasteiger partial charge in [0.1, 0.15) is 12.4 Å². The number of rotatable bonds is 0. The second-order valence-electron chi connectivity index (χ2n) is 2.25. The monoisotopic (exact) mass is 222 g/mol. The van der Waals surface area contributed by atoms with Crippen molar-refractivity contribution in [3.05, 3.63) is 35.9 Å². The van der Waals surface area contributed by atoms with E-state index in [0.29, 0.717) is 6.61 Å². The van der Waals surface area contributed by atoms with Crippen LogP contribution in [0.1, 0.15) is 5.56 Å². The molecule has 64 valence electrons. The van der Waals surface area contributed by atoms with Crippen molar-refractivity contribution in [3.63, 3.8) is 0 Å². The third-order valence-corrected chi connectivity index (χ3v) is 1.55. The fourth-order valence-corrected chi connectivity index (χ4v) is 1.06. The van der Waals surface area contributed by atoms with E-state index in [-0.39, 0.29) is 34.4 Å². The molecule has 0 bridgehead atoms. The molecule has 12 heavy (non-hydrogen) atoms. The van der Waals surface area contributed by atoms with E-state index in [4.69, 9.17) is 4.74 Å². The van der Waals surface area contributed by atoms with Gasteiger partial charge in [-0.05, 0) is 12.1 Å². The zero-order valence-corrected chi connectivity index (χ0v) is 8.55. The van der Waals surface area contributed by atoms with Crippen molar-refractivity contribution in [2.24, 2.45) is 0 Å². The smallest absolute Gasteiger partial charge is 0.126 e. The van der Waals surface area contributed by atoms with E-state index in [1.807, 2.05) is 30.3 Å². The van der Waals surface area contributed by atoms with Crippen LogP contribution >= 0.6 is 0 Å². The molecule has 0 saturated carbocycles. The first-order valence-corrected chi connectivity index (χ1v) is 3.35. The Morgan fingerprint density at radius 1 is 1.17 bits per heavy atom. The summed E-state index contributed by atoms with van der Waals surface area (Å²) >= 11 is 0. The molecular weight excluding hydrogens is 215 g/mol. The molecule has 0 amide bonds. The van der Waals surface area contributed by atoms with Crippen LogP contribution in [0.2, 0.25) is 0 Å². The molecule has 3 heteroatoms. The van der Waals surface area contributed by atoms with Crippen molar-refractivity contribution < 1.29 is 21.8 Å². The van der Waals surface area contributed by atoms with Crippen LogP contribution in [0, 0.1) is 0 Å². The van der Waals surface area contributed by atoms with E-state index in [1.165, 1.54) is 5.56 Å². The summed E-state index contributed by atoms with van der Waals surface area (Å²) in [6, 6.07) is 8.03. The first-order chi connectivity index (χ1) is 4.97. The summed E-state index contributed by atoms with van der Waals surface area (Å²) in [6.07, 6.45) is 4.10. The van der Waals surface area contributed by atoms with Crippen LogP contribution in [0.3, 0.4) is 0 Å². The average molecular weight is 223 g/mol. The number of hydrogen-bond acceptors (Lipinski definition) is 1. The van der Waals surface area contributed by atoms with Crippen LogP contribution in [0.5, 0.6) is 5.75 Å². The molecule has 1 aromatic rings. The van der Waals surface area contributed by atoms with Crippen molar-refractivity contribution >= 4 is 23.4 Å². The van der Waals surface area contributed by atoms with Crippen molar-refractivity contribution in [1.82, 2.24) is 0 Å². The van der Waals surface area contributed by atoms with Gasteiger partial charge < -0.3 is 4.74 Å². The summed E-state index contributed by atoms with van der Waals surface area (Å²) in [6.45, 7) is 0.705. The van der Waals surface area contributed by atoms with Crippen LogP contribution in [0.25, 0.3) is 6.08 Å². The van der Waals surface area contributed by atoms with Crippen LogP contribution in [-0.2, 0) is 17.1 Å². The van der Waals surface area contributed by atoms with E-state index in [2.05, 4.69) is 6.08 Å². The van der Waals surface area contributed by atoms with Crippen LogP contribution < -0.4 is 4.74 Å². The second-order valence-corrected chi connectivity index (χ2v) is 2.25. The van der Waals surface area contributed by atoms with Gasteiger partial charge in [-0.25, -0.2) is 0 Å². The molecule has 1 aromatic carbocycles. The van der Waals surface area contributed by atoms with Crippen molar-refractivity contribution in [1.29, 1.82) is 0 Å². The van der Waals surface area contributed by atoms with Crippen molar-refractivity contribution in [3.8, 4) is 5.75 Å². The van der Waals surface area contributed by atoms with Crippen LogP contribution in [0.15, 0.2) is 30.3 Å². The average Bonchev–Trinajstić information content (AvgIpc) is 2.05. The Balaban J connectivity index is 0.000000605. The molecule has 0 aromatic heterocycles. The summed E-state index contributed by atoms with van der Waals surface area (Å²) in [7, 11) is 0. The van der Waals surface area contributed by atoms with E-state index >= 15 is 0 Å². The molecule has 0 atom stereocenters. The number of benzene rings is 1. The third kappa shape index (κ3) is 2.40. The second kappa shape index (κ2) is 5.46. The summed E-state index contributed by atoms with van der Waals surface area (Å²) in [5.41, 5.74) is 1.17. The van der Waals surface area contributed by atoms with E-state index < -0.39 is 0 Å². The maximum Gasteiger partial charge on any atom is 0.126 e. The van der Waals surface area contributed by atoms with Gasteiger partial charge in [-0.15, -0.1) is 0 Å². The van der Waals surface area contributed by atoms with Crippen LogP contribution in [-0.4, -0.2) is 24.0 Å². The molecule has 1 aliphatic heterocycles. The molecule has 0 aliphatic carbocycles. The predicted octanol–water partition coefficient (Wildman–Crippen LogP) is 1.71. The maximum absolute atomic E-state index is 5.34. The van der Waals surface area contributed by atoms with Gasteiger partial charge in [0.15, 0.2) is 0 Å². The van der Waals surface area contributed by atoms with Gasteiger partial charge in [0.2, 0.25) is 0 Å². The van der Waals surface area contributed by atoms with E-state index in [9.17, 15) is 0 Å². The number of fused-ring (bicyclic) bond motifs is 1. The Bertz CT molecular complexity index is 273. The SMILES string of the molecule is C1=Cc2ccccc2OC1.[Al].[Cu]. The van der Waals surface area contributed by atoms with Gasteiger partial charge in [0.25, 0.3) is 0 Å². The van der Waals surface area contributed by atoms with Crippen molar-refractivity contribution in [2.45, 2.75) is 0 Å². The fourth-order valence-electron chi connectivity index (χ4n) is 1.06. The molecule has 4 radical (unpaired) electrons. The molecule has 0 fully saturated rings. The third-order valence-electron chi connectivity index (χ3n) is 1.55.